The van der Waals surface area contributed by atoms with Crippen LogP contribution in [-0.2, 0) is 35.3 Å². The smallest absolute Gasteiger partial charge is 0.652 e. The molecule has 0 amide bonds. The van der Waals surface area contributed by atoms with Gasteiger partial charge in [-0.05, 0) is 153 Å². The molecule has 0 radical (unpaired) electrons. The molecule has 6 aromatic carbocycles. The van der Waals surface area contributed by atoms with Gasteiger partial charge in [0.15, 0.2) is 0 Å². The van der Waals surface area contributed by atoms with Crippen molar-refractivity contribution in [2.24, 2.45) is 0 Å². The van der Waals surface area contributed by atoms with Crippen molar-refractivity contribution in [1.82, 2.24) is 0 Å². The molecule has 0 fully saturated rings. The van der Waals surface area contributed by atoms with E-state index < -0.39 is 18.1 Å². The van der Waals surface area contributed by atoms with Crippen LogP contribution in [0.4, 0.5) is 4.79 Å². The molecule has 0 saturated heterocycles. The summed E-state index contributed by atoms with van der Waals surface area (Å²) in [7, 11) is 0. The van der Waals surface area contributed by atoms with Gasteiger partial charge in [-0.3, -0.25) is 9.59 Å². The van der Waals surface area contributed by atoms with Crippen LogP contribution in [0.3, 0.4) is 0 Å². The fourth-order valence-corrected chi connectivity index (χ4v) is 7.28. The molecule has 13 heteroatoms. The fourth-order valence-electron chi connectivity index (χ4n) is 7.28. The first-order chi connectivity index (χ1) is 32.6. The minimum atomic E-state index is -2.33. The van der Waals surface area contributed by atoms with E-state index in [2.05, 4.69) is 88.4 Å². The number of ether oxygens (including phenoxy) is 4. The molecule has 2 atom stereocenters. The summed E-state index contributed by atoms with van der Waals surface area (Å²) in [5.74, 6) is 1.81. The first-order valence-electron chi connectivity index (χ1n) is 23.1. The summed E-state index contributed by atoms with van der Waals surface area (Å²) >= 11 is 0. The number of benzene rings is 6. The molecule has 11 nitrogen and oxygen atoms in total. The monoisotopic (exact) mass is 1190 g/mol. The summed E-state index contributed by atoms with van der Waals surface area (Å²) in [5, 5.41) is 34.4. The zero-order valence-electron chi connectivity index (χ0n) is 42.0. The first kappa shape index (κ1) is 63.0. The van der Waals surface area contributed by atoms with Crippen molar-refractivity contribution < 1.29 is 192 Å². The number of carbonyl (C=O) groups excluding carboxylic acids is 1. The van der Waals surface area contributed by atoms with Crippen molar-refractivity contribution >= 4 is 18.1 Å². The maximum atomic E-state index is 10.8. The Hall–Kier alpha value is -3.17. The van der Waals surface area contributed by atoms with Gasteiger partial charge in [0, 0.05) is 36.8 Å². The molecule has 6 rings (SSSR count). The quantitative estimate of drug-likeness (QED) is 0.0979. The SMILES string of the molecule is CCc1ccc(OC(C)CCOc2ccc(CCC(=O)O)c(C)c2)c(-c2ccccc2)c1.CCc1ccc(OC(C)CCOc2ccc(CCC(=O)O)c(C)c2)c(-c2ccccc2)c1.O=C([O-])[O-].[Cs+].[Cs+]. The third-order valence-electron chi connectivity index (χ3n) is 11.2. The van der Waals surface area contributed by atoms with E-state index in [1.54, 1.807) is 0 Å². The van der Waals surface area contributed by atoms with Crippen LogP contribution in [-0.4, -0.2) is 53.7 Å². The minimum Gasteiger partial charge on any atom is -0.652 e. The van der Waals surface area contributed by atoms with Crippen molar-refractivity contribution in [1.29, 1.82) is 0 Å². The van der Waals surface area contributed by atoms with Crippen LogP contribution in [0, 0.1) is 13.8 Å². The topological polar surface area (TPSA) is 175 Å². The number of aryl methyl sites for hydroxylation is 6. The molecule has 360 valence electrons. The maximum absolute atomic E-state index is 10.8. The Morgan fingerprint density at radius 2 is 0.886 bits per heavy atom. The molecule has 0 aliphatic heterocycles. The van der Waals surface area contributed by atoms with Gasteiger partial charge in [-0.15, -0.1) is 0 Å². The molecule has 2 N–H and O–H groups in total. The van der Waals surface area contributed by atoms with E-state index >= 15 is 0 Å². The zero-order valence-corrected chi connectivity index (χ0v) is 54.6. The van der Waals surface area contributed by atoms with Gasteiger partial charge >= 0.3 is 150 Å². The molecule has 0 aliphatic carbocycles. The third-order valence-corrected chi connectivity index (χ3v) is 11.2. The molecule has 0 saturated carbocycles. The predicted molar refractivity (Wildman–Crippen MR) is 263 cm³/mol. The minimum absolute atomic E-state index is 0. The molecule has 0 bridgehead atoms. The molecule has 0 heterocycles. The molecule has 0 spiro atoms. The molecule has 2 unspecified atom stereocenters. The summed E-state index contributed by atoms with van der Waals surface area (Å²) in [4.78, 5) is 29.9. The van der Waals surface area contributed by atoms with Crippen molar-refractivity contribution in [2.45, 2.75) is 105 Å². The predicted octanol–water partition coefficient (Wildman–Crippen LogP) is 4.52. The fraction of sp³-hybridized carbons (Fsp3) is 0.316. The number of rotatable bonds is 22. The Morgan fingerprint density at radius 1 is 0.529 bits per heavy atom. The normalized spacial score (nSPS) is 11.1. The van der Waals surface area contributed by atoms with E-state index in [-0.39, 0.29) is 163 Å². The Balaban J connectivity index is 0.000000434. The molecule has 70 heavy (non-hydrogen) atoms. The number of carboxylic acid groups (broad SMARTS) is 4. The van der Waals surface area contributed by atoms with E-state index in [1.165, 1.54) is 11.1 Å². The summed E-state index contributed by atoms with van der Waals surface area (Å²) < 4.78 is 24.5. The molecular formula is C57H64Cs2O11. The molecule has 0 aromatic heterocycles. The number of hydrogen-bond donors (Lipinski definition) is 2. The number of aliphatic carboxylic acids is 2. The second-order valence-electron chi connectivity index (χ2n) is 16.4. The van der Waals surface area contributed by atoms with Crippen molar-refractivity contribution in [3.8, 4) is 45.3 Å². The summed E-state index contributed by atoms with van der Waals surface area (Å²) in [6.07, 6.45) is 2.49. The van der Waals surface area contributed by atoms with Crippen LogP contribution in [0.1, 0.15) is 86.8 Å². The number of hydrogen-bond acceptors (Lipinski definition) is 9. The average Bonchev–Trinajstić information content (AvgIpc) is 3.31. The first-order valence-corrected chi connectivity index (χ1v) is 23.1. The summed E-state index contributed by atoms with van der Waals surface area (Å²) in [5.41, 5.74) is 11.3. The summed E-state index contributed by atoms with van der Waals surface area (Å²) in [6, 6.07) is 45.1. The van der Waals surface area contributed by atoms with Crippen molar-refractivity contribution in [3.63, 3.8) is 0 Å². The second-order valence-corrected chi connectivity index (χ2v) is 16.4. The summed E-state index contributed by atoms with van der Waals surface area (Å²) in [6.45, 7) is 13.5. The van der Waals surface area contributed by atoms with Crippen molar-refractivity contribution in [2.75, 3.05) is 13.2 Å². The Labute approximate surface area is 531 Å². The Morgan fingerprint density at radius 3 is 1.20 bits per heavy atom. The van der Waals surface area contributed by atoms with Crippen LogP contribution in [0.25, 0.3) is 22.3 Å². The van der Waals surface area contributed by atoms with E-state index in [0.717, 1.165) is 93.2 Å². The zero-order chi connectivity index (χ0) is 49.4. The van der Waals surface area contributed by atoms with Gasteiger partial charge in [-0.25, -0.2) is 0 Å². The number of carbonyl (C=O) groups is 3. The molecule has 0 aliphatic rings. The van der Waals surface area contributed by atoms with Gasteiger partial charge in [0.05, 0.1) is 25.4 Å². The Bertz CT molecular complexity index is 2340. The van der Waals surface area contributed by atoms with Gasteiger partial charge in [-0.2, -0.15) is 0 Å². The van der Waals surface area contributed by atoms with Gasteiger partial charge in [0.25, 0.3) is 0 Å². The molecular weight excluding hydrogens is 1130 g/mol. The van der Waals surface area contributed by atoms with Gasteiger partial charge < -0.3 is 44.2 Å². The van der Waals surface area contributed by atoms with Crippen LogP contribution < -0.4 is 167 Å². The molecule has 6 aromatic rings. The maximum Gasteiger partial charge on any atom is 1.00 e. The van der Waals surface area contributed by atoms with Crippen LogP contribution in [0.2, 0.25) is 0 Å². The number of carboxylic acids is 2. The van der Waals surface area contributed by atoms with Crippen LogP contribution in [0.5, 0.6) is 23.0 Å². The van der Waals surface area contributed by atoms with Crippen molar-refractivity contribution in [3.05, 3.63) is 167 Å². The van der Waals surface area contributed by atoms with Gasteiger partial charge in [0.2, 0.25) is 0 Å². The Kier molecular flexibility index (Phi) is 30.8. The standard InChI is InChI=1S/2C28H32O4.CH2O3.2Cs/c2*1-4-22-10-14-27(26(19-22)24-8-6-5-7-9-24)32-21(3)16-17-31-25-13-11-23(20(2)18-25)12-15-28(29)30;2-1(3)4;;/h2*5-11,13-14,18-19,21H,4,12,15-17H2,1-3H3,(H,29,30);(H2,2,3,4);;/q;;;2*+1/p-2. The second kappa shape index (κ2) is 34.3. The van der Waals surface area contributed by atoms with Crippen LogP contribution >= 0.6 is 0 Å². The largest absolute Gasteiger partial charge is 1.00 e. The third kappa shape index (κ3) is 23.1. The van der Waals surface area contributed by atoms with E-state index in [4.69, 9.17) is 44.2 Å². The van der Waals surface area contributed by atoms with Gasteiger partial charge in [0.1, 0.15) is 23.0 Å². The van der Waals surface area contributed by atoms with Gasteiger partial charge in [-0.1, -0.05) is 98.8 Å². The van der Waals surface area contributed by atoms with E-state index in [1.807, 2.05) is 86.6 Å². The van der Waals surface area contributed by atoms with E-state index in [9.17, 15) is 9.59 Å². The van der Waals surface area contributed by atoms with E-state index in [0.29, 0.717) is 26.1 Å². The van der Waals surface area contributed by atoms with Crippen LogP contribution in [0.15, 0.2) is 133 Å². The average molecular weight is 1190 g/mol.